The molecular weight excluding hydrogens is 448 g/mol. The normalized spacial score (nSPS) is 11.0. The third-order valence-corrected chi connectivity index (χ3v) is 5.47. The maximum absolute atomic E-state index is 14.4. The number of aromatic nitrogens is 2. The molecule has 0 aliphatic heterocycles. The van der Waals surface area contributed by atoms with E-state index in [4.69, 9.17) is 4.74 Å². The fourth-order valence-corrected chi connectivity index (χ4v) is 3.94. The summed E-state index contributed by atoms with van der Waals surface area (Å²) in [4.78, 5) is 15.1. The molecule has 0 fully saturated rings. The highest BCUT2D eigenvalue weighted by Crippen LogP contribution is 2.35. The van der Waals surface area contributed by atoms with Gasteiger partial charge in [-0.15, -0.1) is 0 Å². The molecule has 4 rings (SSSR count). The van der Waals surface area contributed by atoms with Gasteiger partial charge in [-0.3, -0.25) is 4.79 Å². The number of nitrogens with zero attached hydrogens (tertiary/aromatic N) is 3. The van der Waals surface area contributed by atoms with Crippen LogP contribution in [0.2, 0.25) is 0 Å². The van der Waals surface area contributed by atoms with Crippen LogP contribution in [0.4, 0.5) is 8.78 Å². The molecule has 5 nitrogen and oxygen atoms in total. The summed E-state index contributed by atoms with van der Waals surface area (Å²) >= 11 is 0. The van der Waals surface area contributed by atoms with E-state index >= 15 is 0 Å². The second-order valence-corrected chi connectivity index (χ2v) is 8.74. The molecule has 0 saturated heterocycles. The Balaban J connectivity index is 1.80. The monoisotopic (exact) mass is 475 g/mol. The Morgan fingerprint density at radius 2 is 1.71 bits per heavy atom. The number of ether oxygens (including phenoxy) is 1. The minimum atomic E-state index is -0.504. The van der Waals surface area contributed by atoms with Crippen LogP contribution in [0.1, 0.15) is 29.8 Å². The molecule has 0 unspecified atom stereocenters. The van der Waals surface area contributed by atoms with Crippen molar-refractivity contribution in [3.8, 4) is 22.9 Å². The van der Waals surface area contributed by atoms with E-state index in [2.05, 4.69) is 5.10 Å². The average Bonchev–Trinajstić information content (AvgIpc) is 3.14. The van der Waals surface area contributed by atoms with Crippen molar-refractivity contribution in [2.75, 3.05) is 6.54 Å². The van der Waals surface area contributed by atoms with Crippen molar-refractivity contribution in [2.24, 2.45) is 13.0 Å². The number of carbonyl (C=O) groups is 1. The van der Waals surface area contributed by atoms with Crippen LogP contribution in [0.25, 0.3) is 11.3 Å². The highest BCUT2D eigenvalue weighted by Gasteiger charge is 2.26. The van der Waals surface area contributed by atoms with E-state index in [1.165, 1.54) is 30.3 Å². The predicted molar refractivity (Wildman–Crippen MR) is 131 cm³/mol. The van der Waals surface area contributed by atoms with Crippen LogP contribution in [0.5, 0.6) is 11.6 Å². The van der Waals surface area contributed by atoms with Gasteiger partial charge in [0, 0.05) is 24.7 Å². The second-order valence-electron chi connectivity index (χ2n) is 8.74. The summed E-state index contributed by atoms with van der Waals surface area (Å²) in [6.07, 6.45) is 0. The molecule has 0 radical (unpaired) electrons. The van der Waals surface area contributed by atoms with Crippen molar-refractivity contribution < 1.29 is 18.3 Å². The van der Waals surface area contributed by atoms with Crippen molar-refractivity contribution in [3.05, 3.63) is 102 Å². The van der Waals surface area contributed by atoms with Crippen molar-refractivity contribution >= 4 is 5.91 Å². The van der Waals surface area contributed by atoms with Gasteiger partial charge >= 0.3 is 0 Å². The van der Waals surface area contributed by atoms with Gasteiger partial charge in [0.05, 0.1) is 12.1 Å². The molecule has 0 bridgehead atoms. The van der Waals surface area contributed by atoms with Gasteiger partial charge in [-0.25, -0.2) is 13.5 Å². The quantitative estimate of drug-likeness (QED) is 0.294. The number of carbonyl (C=O) groups excluding carboxylic acids is 1. The number of benzene rings is 3. The van der Waals surface area contributed by atoms with E-state index in [-0.39, 0.29) is 29.7 Å². The number of para-hydroxylation sites is 1. The van der Waals surface area contributed by atoms with E-state index in [9.17, 15) is 13.6 Å². The third kappa shape index (κ3) is 5.57. The van der Waals surface area contributed by atoms with Crippen LogP contribution in [-0.2, 0) is 13.6 Å². The SMILES string of the molecule is CC(C)CN(Cc1c(-c2ccccc2)nn(C)c1Oc1ccccc1F)C(=O)c1cccc(F)c1. The van der Waals surface area contributed by atoms with E-state index in [0.717, 1.165) is 5.56 Å². The van der Waals surface area contributed by atoms with Gasteiger partial charge in [-0.1, -0.05) is 62.4 Å². The lowest BCUT2D eigenvalue weighted by molar-refractivity contribution is 0.0721. The molecule has 4 aromatic rings. The largest absolute Gasteiger partial charge is 0.436 e. The van der Waals surface area contributed by atoms with E-state index in [1.807, 2.05) is 44.2 Å². The van der Waals surface area contributed by atoms with Crippen LogP contribution < -0.4 is 4.74 Å². The maximum atomic E-state index is 14.4. The van der Waals surface area contributed by atoms with Crippen LogP contribution >= 0.6 is 0 Å². The Hall–Kier alpha value is -4.00. The van der Waals surface area contributed by atoms with Crippen molar-refractivity contribution in [3.63, 3.8) is 0 Å². The molecule has 0 saturated carbocycles. The molecule has 1 aromatic heterocycles. The topological polar surface area (TPSA) is 47.4 Å². The van der Waals surface area contributed by atoms with Gasteiger partial charge in [0.25, 0.3) is 5.91 Å². The fraction of sp³-hybridized carbons (Fsp3) is 0.214. The molecule has 35 heavy (non-hydrogen) atoms. The molecule has 0 spiro atoms. The minimum absolute atomic E-state index is 0.0585. The summed E-state index contributed by atoms with van der Waals surface area (Å²) < 4.78 is 35.9. The Kier molecular flexibility index (Phi) is 7.25. The van der Waals surface area contributed by atoms with Crippen LogP contribution in [-0.4, -0.2) is 27.1 Å². The maximum Gasteiger partial charge on any atom is 0.254 e. The number of aryl methyl sites for hydroxylation is 1. The summed E-state index contributed by atoms with van der Waals surface area (Å²) in [5, 5.41) is 4.66. The third-order valence-electron chi connectivity index (χ3n) is 5.47. The lowest BCUT2D eigenvalue weighted by Crippen LogP contribution is -2.34. The van der Waals surface area contributed by atoms with Gasteiger partial charge < -0.3 is 9.64 Å². The first kappa shape index (κ1) is 24.1. The van der Waals surface area contributed by atoms with Gasteiger partial charge in [-0.05, 0) is 36.2 Å². The molecule has 180 valence electrons. The molecule has 0 aliphatic rings. The summed E-state index contributed by atoms with van der Waals surface area (Å²) in [5.41, 5.74) is 2.35. The van der Waals surface area contributed by atoms with Gasteiger partial charge in [0.2, 0.25) is 5.88 Å². The Morgan fingerprint density at radius 3 is 2.40 bits per heavy atom. The van der Waals surface area contributed by atoms with Gasteiger partial charge in [-0.2, -0.15) is 5.10 Å². The highest BCUT2D eigenvalue weighted by molar-refractivity contribution is 5.94. The summed E-state index contributed by atoms with van der Waals surface area (Å²) in [6, 6.07) is 21.3. The first-order valence-electron chi connectivity index (χ1n) is 11.4. The van der Waals surface area contributed by atoms with E-state index < -0.39 is 11.6 Å². The van der Waals surface area contributed by atoms with Crippen molar-refractivity contribution in [1.29, 1.82) is 0 Å². The van der Waals surface area contributed by atoms with Crippen LogP contribution in [0.15, 0.2) is 78.9 Å². The van der Waals surface area contributed by atoms with Gasteiger partial charge in [0.15, 0.2) is 11.6 Å². The number of halogens is 2. The van der Waals surface area contributed by atoms with Crippen molar-refractivity contribution in [1.82, 2.24) is 14.7 Å². The second kappa shape index (κ2) is 10.5. The standard InChI is InChI=1S/C28H27F2N3O2/c1-19(2)17-33(27(34)21-12-9-13-22(29)16-21)18-23-26(20-10-5-4-6-11-20)31-32(3)28(23)35-25-15-8-7-14-24(25)30/h4-16,19H,17-18H2,1-3H3. The van der Waals surface area contributed by atoms with E-state index in [0.29, 0.717) is 23.7 Å². The molecule has 1 heterocycles. The molecule has 1 amide bonds. The highest BCUT2D eigenvalue weighted by atomic mass is 19.1. The summed E-state index contributed by atoms with van der Waals surface area (Å²) in [5.74, 6) is -0.748. The molecule has 0 N–H and O–H groups in total. The van der Waals surface area contributed by atoms with E-state index in [1.54, 1.807) is 34.8 Å². The molecule has 3 aromatic carbocycles. The Labute approximate surface area is 203 Å². The fourth-order valence-electron chi connectivity index (χ4n) is 3.94. The summed E-state index contributed by atoms with van der Waals surface area (Å²) in [7, 11) is 1.72. The number of hydrogen-bond donors (Lipinski definition) is 0. The molecular formula is C28H27F2N3O2. The zero-order valence-corrected chi connectivity index (χ0v) is 19.9. The lowest BCUT2D eigenvalue weighted by atomic mass is 10.1. The molecule has 0 aliphatic carbocycles. The zero-order chi connectivity index (χ0) is 24.9. The van der Waals surface area contributed by atoms with Gasteiger partial charge in [0.1, 0.15) is 11.5 Å². The zero-order valence-electron chi connectivity index (χ0n) is 19.9. The first-order chi connectivity index (χ1) is 16.8. The minimum Gasteiger partial charge on any atom is -0.436 e. The Bertz CT molecular complexity index is 1320. The number of rotatable bonds is 8. The Morgan fingerprint density at radius 1 is 1.00 bits per heavy atom. The number of amides is 1. The summed E-state index contributed by atoms with van der Waals surface area (Å²) in [6.45, 7) is 4.58. The predicted octanol–water partition coefficient (Wildman–Crippen LogP) is 6.46. The van der Waals surface area contributed by atoms with Crippen molar-refractivity contribution in [2.45, 2.75) is 20.4 Å². The lowest BCUT2D eigenvalue weighted by Gasteiger charge is -2.25. The van der Waals surface area contributed by atoms with Crippen LogP contribution in [0.3, 0.4) is 0 Å². The first-order valence-corrected chi connectivity index (χ1v) is 11.4. The molecule has 7 heteroatoms. The van der Waals surface area contributed by atoms with Crippen LogP contribution in [0, 0.1) is 17.6 Å². The number of hydrogen-bond acceptors (Lipinski definition) is 3. The average molecular weight is 476 g/mol. The smallest absolute Gasteiger partial charge is 0.254 e. The molecule has 0 atom stereocenters.